The van der Waals surface area contributed by atoms with Gasteiger partial charge in [0.05, 0.1) is 5.02 Å². The molecule has 0 spiro atoms. The lowest BCUT2D eigenvalue weighted by atomic mass is 10.0. The molecule has 2 aromatic rings. The normalized spacial score (nSPS) is 19.3. The maximum absolute atomic E-state index is 12.8. The number of nitrogens with zero attached hydrogens (tertiary/aromatic N) is 2. The number of ether oxygens (including phenoxy) is 1. The van der Waals surface area contributed by atoms with Gasteiger partial charge < -0.3 is 19.9 Å². The molecule has 0 bridgehead atoms. The third kappa shape index (κ3) is 5.80. The van der Waals surface area contributed by atoms with E-state index in [1.54, 1.807) is 11.0 Å². The van der Waals surface area contributed by atoms with E-state index in [-0.39, 0.29) is 17.9 Å². The lowest BCUT2D eigenvalue weighted by molar-refractivity contribution is -0.138. The summed E-state index contributed by atoms with van der Waals surface area (Å²) in [7, 11) is 0. The van der Waals surface area contributed by atoms with Crippen LogP contribution in [-0.2, 0) is 9.59 Å². The SMILES string of the molecule is CC(=O)N1CCCCC1C(=O)Nc1ccc(OC2CCN(c3cccc(C)c3)CC2)c(Cl)c1. The van der Waals surface area contributed by atoms with Crippen LogP contribution in [0.4, 0.5) is 11.4 Å². The zero-order valence-corrected chi connectivity index (χ0v) is 20.1. The molecule has 2 amide bonds. The van der Waals surface area contributed by atoms with Gasteiger partial charge in [-0.25, -0.2) is 0 Å². The molecule has 0 aromatic heterocycles. The topological polar surface area (TPSA) is 61.9 Å². The number of halogens is 1. The van der Waals surface area contributed by atoms with Gasteiger partial charge >= 0.3 is 0 Å². The Kier molecular flexibility index (Phi) is 7.43. The lowest BCUT2D eigenvalue weighted by Gasteiger charge is -2.34. The van der Waals surface area contributed by atoms with Crippen LogP contribution in [0.15, 0.2) is 42.5 Å². The first-order chi connectivity index (χ1) is 15.9. The average molecular weight is 470 g/mol. The van der Waals surface area contributed by atoms with E-state index in [4.69, 9.17) is 16.3 Å². The second-order valence-electron chi connectivity index (χ2n) is 9.00. The highest BCUT2D eigenvalue weighted by atomic mass is 35.5. The molecule has 0 radical (unpaired) electrons. The molecule has 2 heterocycles. The van der Waals surface area contributed by atoms with E-state index in [1.165, 1.54) is 18.2 Å². The summed E-state index contributed by atoms with van der Waals surface area (Å²) in [5.74, 6) is 0.398. The van der Waals surface area contributed by atoms with E-state index < -0.39 is 6.04 Å². The number of rotatable bonds is 5. The Morgan fingerprint density at radius 3 is 2.52 bits per heavy atom. The quantitative estimate of drug-likeness (QED) is 0.666. The van der Waals surface area contributed by atoms with E-state index in [1.807, 2.05) is 12.1 Å². The molecule has 2 saturated heterocycles. The lowest BCUT2D eigenvalue weighted by Crippen LogP contribution is -2.49. The van der Waals surface area contributed by atoms with Crippen molar-refractivity contribution in [2.75, 3.05) is 29.9 Å². The predicted molar refractivity (Wildman–Crippen MR) is 132 cm³/mol. The van der Waals surface area contributed by atoms with Gasteiger partial charge in [0.2, 0.25) is 11.8 Å². The van der Waals surface area contributed by atoms with Gasteiger partial charge in [-0.1, -0.05) is 23.7 Å². The first-order valence-corrected chi connectivity index (χ1v) is 12.1. The first-order valence-electron chi connectivity index (χ1n) is 11.8. The molecule has 2 aliphatic rings. The average Bonchev–Trinajstić information content (AvgIpc) is 2.81. The van der Waals surface area contributed by atoms with E-state index in [0.717, 1.165) is 38.8 Å². The number of piperidine rings is 2. The number of benzene rings is 2. The number of likely N-dealkylation sites (tertiary alicyclic amines) is 1. The zero-order chi connectivity index (χ0) is 23.4. The van der Waals surface area contributed by atoms with Crippen molar-refractivity contribution in [2.45, 2.75) is 58.1 Å². The molecule has 1 N–H and O–H groups in total. The van der Waals surface area contributed by atoms with Gasteiger partial charge in [0.15, 0.2) is 0 Å². The maximum atomic E-state index is 12.8. The molecule has 2 aliphatic heterocycles. The number of carbonyl (C=O) groups excluding carboxylic acids is 2. The Morgan fingerprint density at radius 2 is 1.82 bits per heavy atom. The Hall–Kier alpha value is -2.73. The van der Waals surface area contributed by atoms with Gasteiger partial charge in [-0.3, -0.25) is 9.59 Å². The van der Waals surface area contributed by atoms with Crippen LogP contribution in [0, 0.1) is 6.92 Å². The van der Waals surface area contributed by atoms with Crippen LogP contribution in [0.25, 0.3) is 0 Å². The Morgan fingerprint density at radius 1 is 1.03 bits per heavy atom. The number of amides is 2. The molecule has 4 rings (SSSR count). The van der Waals surface area contributed by atoms with Gasteiger partial charge in [-0.15, -0.1) is 0 Å². The van der Waals surface area contributed by atoms with E-state index in [9.17, 15) is 9.59 Å². The molecule has 1 atom stereocenters. The largest absolute Gasteiger partial charge is 0.489 e. The summed E-state index contributed by atoms with van der Waals surface area (Å²) >= 11 is 6.49. The fourth-order valence-corrected chi connectivity index (χ4v) is 4.94. The summed E-state index contributed by atoms with van der Waals surface area (Å²) in [4.78, 5) is 28.7. The Bertz CT molecular complexity index is 1000. The van der Waals surface area contributed by atoms with Crippen LogP contribution < -0.4 is 15.0 Å². The summed E-state index contributed by atoms with van der Waals surface area (Å²) in [5.41, 5.74) is 3.14. The Balaban J connectivity index is 1.32. The van der Waals surface area contributed by atoms with Gasteiger partial charge in [-0.2, -0.15) is 0 Å². The minimum absolute atomic E-state index is 0.0647. The summed E-state index contributed by atoms with van der Waals surface area (Å²) in [6, 6.07) is 13.5. The summed E-state index contributed by atoms with van der Waals surface area (Å²) in [6.07, 6.45) is 4.51. The molecule has 6 nitrogen and oxygen atoms in total. The van der Waals surface area contributed by atoms with Crippen molar-refractivity contribution >= 4 is 34.8 Å². The monoisotopic (exact) mass is 469 g/mol. The highest BCUT2D eigenvalue weighted by Gasteiger charge is 2.30. The van der Waals surface area contributed by atoms with Gasteiger partial charge in [0.1, 0.15) is 17.9 Å². The first kappa shape index (κ1) is 23.4. The Labute approximate surface area is 200 Å². The second kappa shape index (κ2) is 10.5. The summed E-state index contributed by atoms with van der Waals surface area (Å²) < 4.78 is 6.19. The molecule has 2 aromatic carbocycles. The van der Waals surface area contributed by atoms with Crippen LogP contribution in [0.5, 0.6) is 5.75 Å². The predicted octanol–water partition coefficient (Wildman–Crippen LogP) is 5.04. The number of nitrogens with one attached hydrogen (secondary N) is 1. The van der Waals surface area contributed by atoms with Crippen LogP contribution in [0.2, 0.25) is 5.02 Å². The minimum Gasteiger partial charge on any atom is -0.489 e. The van der Waals surface area contributed by atoms with Gasteiger partial charge in [0.25, 0.3) is 0 Å². The molecular formula is C26H32ClN3O3. The number of hydrogen-bond donors (Lipinski definition) is 1. The highest BCUT2D eigenvalue weighted by Crippen LogP contribution is 2.31. The van der Waals surface area contributed by atoms with Crippen molar-refractivity contribution in [2.24, 2.45) is 0 Å². The molecule has 0 saturated carbocycles. The molecule has 33 heavy (non-hydrogen) atoms. The molecule has 0 aliphatic carbocycles. The number of carbonyl (C=O) groups is 2. The minimum atomic E-state index is -0.426. The van der Waals surface area contributed by atoms with Crippen molar-refractivity contribution in [3.8, 4) is 5.75 Å². The third-order valence-corrected chi connectivity index (χ3v) is 6.81. The molecule has 176 valence electrons. The van der Waals surface area contributed by atoms with Crippen molar-refractivity contribution in [1.29, 1.82) is 0 Å². The smallest absolute Gasteiger partial charge is 0.247 e. The van der Waals surface area contributed by atoms with Crippen molar-refractivity contribution in [3.63, 3.8) is 0 Å². The van der Waals surface area contributed by atoms with Gasteiger partial charge in [0, 0.05) is 50.8 Å². The zero-order valence-electron chi connectivity index (χ0n) is 19.4. The molecule has 2 fully saturated rings. The molecular weight excluding hydrogens is 438 g/mol. The van der Waals surface area contributed by atoms with E-state index >= 15 is 0 Å². The van der Waals surface area contributed by atoms with Crippen LogP contribution >= 0.6 is 11.6 Å². The second-order valence-corrected chi connectivity index (χ2v) is 9.41. The number of anilines is 2. The van der Waals surface area contributed by atoms with Crippen molar-refractivity contribution < 1.29 is 14.3 Å². The molecule has 7 heteroatoms. The number of hydrogen-bond acceptors (Lipinski definition) is 4. The fourth-order valence-electron chi connectivity index (χ4n) is 4.72. The fraction of sp³-hybridized carbons (Fsp3) is 0.462. The molecule has 1 unspecified atom stereocenters. The summed E-state index contributed by atoms with van der Waals surface area (Å²) in [6.45, 7) is 6.13. The third-order valence-electron chi connectivity index (χ3n) is 6.51. The van der Waals surface area contributed by atoms with E-state index in [2.05, 4.69) is 41.4 Å². The van der Waals surface area contributed by atoms with E-state index in [0.29, 0.717) is 29.4 Å². The maximum Gasteiger partial charge on any atom is 0.247 e. The number of aryl methyl sites for hydroxylation is 1. The van der Waals surface area contributed by atoms with Crippen LogP contribution in [0.3, 0.4) is 0 Å². The standard InChI is InChI=1S/C26H32ClN3O3/c1-18-6-5-7-21(16-18)29-14-11-22(12-15-29)33-25-10-9-20(17-23(25)27)28-26(32)24-8-3-4-13-30(24)19(2)31/h5-7,9-10,16-17,22,24H,3-4,8,11-15H2,1-2H3,(H,28,32). The van der Waals surface area contributed by atoms with Crippen molar-refractivity contribution in [1.82, 2.24) is 4.90 Å². The van der Waals surface area contributed by atoms with Crippen LogP contribution in [0.1, 0.15) is 44.6 Å². The van der Waals surface area contributed by atoms with Crippen LogP contribution in [-0.4, -0.2) is 48.5 Å². The summed E-state index contributed by atoms with van der Waals surface area (Å²) in [5, 5.41) is 3.39. The van der Waals surface area contributed by atoms with Crippen molar-refractivity contribution in [3.05, 3.63) is 53.1 Å². The highest BCUT2D eigenvalue weighted by molar-refractivity contribution is 6.32. The van der Waals surface area contributed by atoms with Gasteiger partial charge in [-0.05, 0) is 62.1 Å².